The van der Waals surface area contributed by atoms with E-state index in [2.05, 4.69) is 0 Å². The summed E-state index contributed by atoms with van der Waals surface area (Å²) in [7, 11) is 0. The zero-order chi connectivity index (χ0) is 14.1. The summed E-state index contributed by atoms with van der Waals surface area (Å²) >= 11 is 0. The Bertz CT molecular complexity index is 850. The number of benzene rings is 2. The summed E-state index contributed by atoms with van der Waals surface area (Å²) in [6.45, 7) is 0. The molecule has 0 saturated carbocycles. The second kappa shape index (κ2) is 4.66. The maximum absolute atomic E-state index is 11.9. The van der Waals surface area contributed by atoms with E-state index in [0.29, 0.717) is 16.3 Å². The molecule has 0 radical (unpaired) electrons. The molecule has 0 aliphatic rings. The fourth-order valence-corrected chi connectivity index (χ4v) is 2.27. The quantitative estimate of drug-likeness (QED) is 0.773. The van der Waals surface area contributed by atoms with E-state index in [1.165, 1.54) is 0 Å². The van der Waals surface area contributed by atoms with Crippen molar-refractivity contribution in [1.82, 2.24) is 0 Å². The molecule has 1 amide bonds. The molecule has 0 saturated heterocycles. The van der Waals surface area contributed by atoms with E-state index >= 15 is 0 Å². The van der Waals surface area contributed by atoms with Crippen LogP contribution in [-0.2, 0) is 0 Å². The molecular formula is C16H11NO3. The van der Waals surface area contributed by atoms with Gasteiger partial charge in [-0.15, -0.1) is 0 Å². The molecule has 3 aromatic rings. The second-order valence-electron chi connectivity index (χ2n) is 4.37. The van der Waals surface area contributed by atoms with Crippen LogP contribution in [0.5, 0.6) is 0 Å². The minimum Gasteiger partial charge on any atom is -0.416 e. The van der Waals surface area contributed by atoms with Gasteiger partial charge in [-0.25, -0.2) is 4.79 Å². The van der Waals surface area contributed by atoms with Crippen LogP contribution in [0.2, 0.25) is 0 Å². The standard InChI is InChI=1S/C16H11NO3/c17-15(18)14-13(10-6-2-1-3-7-10)11-8-4-5-9-12(11)16(19)20-14/h1-9H,(H2,17,18). The normalized spacial score (nSPS) is 10.6. The second-order valence-corrected chi connectivity index (χ2v) is 4.37. The third kappa shape index (κ3) is 1.87. The zero-order valence-electron chi connectivity index (χ0n) is 10.5. The fourth-order valence-electron chi connectivity index (χ4n) is 2.27. The van der Waals surface area contributed by atoms with Gasteiger partial charge >= 0.3 is 5.63 Å². The molecule has 4 heteroatoms. The minimum absolute atomic E-state index is 0.111. The molecule has 0 aliphatic heterocycles. The lowest BCUT2D eigenvalue weighted by Gasteiger charge is -2.09. The summed E-state index contributed by atoms with van der Waals surface area (Å²) in [6.07, 6.45) is 0. The Hall–Kier alpha value is -2.88. The first-order valence-corrected chi connectivity index (χ1v) is 6.09. The van der Waals surface area contributed by atoms with Crippen LogP contribution in [0.1, 0.15) is 10.6 Å². The van der Waals surface area contributed by atoms with Gasteiger partial charge in [-0.3, -0.25) is 4.79 Å². The Balaban J connectivity index is 2.50. The van der Waals surface area contributed by atoms with Crippen molar-refractivity contribution in [2.75, 3.05) is 0 Å². The number of rotatable bonds is 2. The van der Waals surface area contributed by atoms with Gasteiger partial charge in [-0.2, -0.15) is 0 Å². The van der Waals surface area contributed by atoms with Crippen molar-refractivity contribution in [3.63, 3.8) is 0 Å². The Morgan fingerprint density at radius 3 is 2.15 bits per heavy atom. The van der Waals surface area contributed by atoms with Crippen LogP contribution in [-0.4, -0.2) is 5.91 Å². The molecule has 0 fully saturated rings. The molecule has 4 nitrogen and oxygen atoms in total. The van der Waals surface area contributed by atoms with Gasteiger partial charge in [-0.05, 0) is 11.6 Å². The third-order valence-corrected chi connectivity index (χ3v) is 3.12. The number of carbonyl (C=O) groups is 1. The summed E-state index contributed by atoms with van der Waals surface area (Å²) in [5, 5.41) is 1.08. The fraction of sp³-hybridized carbons (Fsp3) is 0. The van der Waals surface area contributed by atoms with Crippen molar-refractivity contribution >= 4 is 16.7 Å². The lowest BCUT2D eigenvalue weighted by Crippen LogP contribution is -2.16. The monoisotopic (exact) mass is 265 g/mol. The number of fused-ring (bicyclic) bond motifs is 1. The highest BCUT2D eigenvalue weighted by molar-refractivity contribution is 6.06. The number of hydrogen-bond acceptors (Lipinski definition) is 3. The van der Waals surface area contributed by atoms with Crippen molar-refractivity contribution in [1.29, 1.82) is 0 Å². The van der Waals surface area contributed by atoms with E-state index in [1.54, 1.807) is 24.3 Å². The smallest absolute Gasteiger partial charge is 0.344 e. The van der Waals surface area contributed by atoms with Crippen LogP contribution in [0.15, 0.2) is 63.8 Å². The summed E-state index contributed by atoms with van der Waals surface area (Å²) in [4.78, 5) is 23.5. The predicted molar refractivity (Wildman–Crippen MR) is 76.4 cm³/mol. The third-order valence-electron chi connectivity index (χ3n) is 3.12. The molecule has 0 bridgehead atoms. The van der Waals surface area contributed by atoms with Gasteiger partial charge in [0.1, 0.15) is 0 Å². The molecule has 2 N–H and O–H groups in total. The molecule has 3 rings (SSSR count). The highest BCUT2D eigenvalue weighted by Crippen LogP contribution is 2.30. The predicted octanol–water partition coefficient (Wildman–Crippen LogP) is 2.56. The first-order chi connectivity index (χ1) is 9.68. The summed E-state index contributed by atoms with van der Waals surface area (Å²) in [5.41, 5.74) is 6.11. The number of amides is 1. The lowest BCUT2D eigenvalue weighted by atomic mass is 9.98. The van der Waals surface area contributed by atoms with Gasteiger partial charge in [0.05, 0.1) is 5.39 Å². The molecule has 0 atom stereocenters. The van der Waals surface area contributed by atoms with Crippen molar-refractivity contribution in [2.45, 2.75) is 0 Å². The SMILES string of the molecule is NC(=O)c1oc(=O)c2ccccc2c1-c1ccccc1. The van der Waals surface area contributed by atoms with E-state index in [0.717, 1.165) is 5.56 Å². The first kappa shape index (κ1) is 12.2. The molecule has 0 aliphatic carbocycles. The topological polar surface area (TPSA) is 73.3 Å². The average molecular weight is 265 g/mol. The molecule has 20 heavy (non-hydrogen) atoms. The van der Waals surface area contributed by atoms with Gasteiger partial charge in [0.25, 0.3) is 5.91 Å². The highest BCUT2D eigenvalue weighted by Gasteiger charge is 2.18. The number of primary amides is 1. The van der Waals surface area contributed by atoms with Gasteiger partial charge < -0.3 is 10.2 Å². The summed E-state index contributed by atoms with van der Waals surface area (Å²) in [6, 6.07) is 16.2. The van der Waals surface area contributed by atoms with Crippen molar-refractivity contribution in [3.05, 3.63) is 70.8 Å². The Morgan fingerprint density at radius 2 is 1.50 bits per heavy atom. The van der Waals surface area contributed by atoms with Crippen LogP contribution in [0.4, 0.5) is 0 Å². The van der Waals surface area contributed by atoms with E-state index in [9.17, 15) is 9.59 Å². The largest absolute Gasteiger partial charge is 0.416 e. The highest BCUT2D eigenvalue weighted by atomic mass is 16.4. The molecular weight excluding hydrogens is 254 g/mol. The number of carbonyl (C=O) groups excluding carboxylic acids is 1. The zero-order valence-corrected chi connectivity index (χ0v) is 10.5. The van der Waals surface area contributed by atoms with Crippen molar-refractivity contribution in [3.8, 4) is 11.1 Å². The Morgan fingerprint density at radius 1 is 0.900 bits per heavy atom. The van der Waals surface area contributed by atoms with E-state index < -0.39 is 11.5 Å². The van der Waals surface area contributed by atoms with Crippen LogP contribution in [0, 0.1) is 0 Å². The molecule has 1 aromatic heterocycles. The minimum atomic E-state index is -0.758. The first-order valence-electron chi connectivity index (χ1n) is 6.09. The maximum atomic E-state index is 11.9. The Kier molecular flexibility index (Phi) is 2.84. The van der Waals surface area contributed by atoms with Gasteiger partial charge in [0.2, 0.25) is 5.76 Å². The van der Waals surface area contributed by atoms with Gasteiger partial charge in [-0.1, -0.05) is 48.5 Å². The van der Waals surface area contributed by atoms with Crippen LogP contribution in [0.3, 0.4) is 0 Å². The van der Waals surface area contributed by atoms with E-state index in [4.69, 9.17) is 10.2 Å². The summed E-state index contributed by atoms with van der Waals surface area (Å²) < 4.78 is 5.11. The molecule has 2 aromatic carbocycles. The summed E-state index contributed by atoms with van der Waals surface area (Å²) in [5.74, 6) is -0.869. The number of nitrogens with two attached hydrogens (primary N) is 1. The van der Waals surface area contributed by atoms with Crippen molar-refractivity contribution in [2.24, 2.45) is 5.73 Å². The molecule has 98 valence electrons. The number of hydrogen-bond donors (Lipinski definition) is 1. The van der Waals surface area contributed by atoms with Gasteiger partial charge in [0, 0.05) is 10.9 Å². The lowest BCUT2D eigenvalue weighted by molar-refractivity contribution is 0.0971. The average Bonchev–Trinajstić information content (AvgIpc) is 2.48. The van der Waals surface area contributed by atoms with Crippen molar-refractivity contribution < 1.29 is 9.21 Å². The van der Waals surface area contributed by atoms with E-state index in [1.807, 2.05) is 30.3 Å². The molecule has 1 heterocycles. The van der Waals surface area contributed by atoms with E-state index in [-0.39, 0.29) is 5.76 Å². The maximum Gasteiger partial charge on any atom is 0.344 e. The molecule has 0 unspecified atom stereocenters. The molecule has 0 spiro atoms. The van der Waals surface area contributed by atoms with Gasteiger partial charge in [0.15, 0.2) is 0 Å². The van der Waals surface area contributed by atoms with Crippen LogP contribution >= 0.6 is 0 Å². The van der Waals surface area contributed by atoms with Crippen LogP contribution in [0.25, 0.3) is 21.9 Å². The van der Waals surface area contributed by atoms with Crippen LogP contribution < -0.4 is 11.4 Å². The Labute approximate surface area is 114 Å².